The van der Waals surface area contributed by atoms with E-state index in [2.05, 4.69) is 71.5 Å². The zero-order valence-corrected chi connectivity index (χ0v) is 20.6. The van der Waals surface area contributed by atoms with Gasteiger partial charge >= 0.3 is 0 Å². The van der Waals surface area contributed by atoms with Gasteiger partial charge in [0.25, 0.3) is 0 Å². The van der Waals surface area contributed by atoms with Crippen molar-refractivity contribution in [2.45, 2.75) is 65.5 Å². The molecule has 0 saturated carbocycles. The van der Waals surface area contributed by atoms with Crippen LogP contribution in [0.15, 0.2) is 6.07 Å². The van der Waals surface area contributed by atoms with E-state index in [1.54, 1.807) is 10.4 Å². The van der Waals surface area contributed by atoms with Gasteiger partial charge in [0.05, 0.1) is 44.0 Å². The van der Waals surface area contributed by atoms with Gasteiger partial charge in [-0.3, -0.25) is 0 Å². The molecular formula is C16H31Si5. The molecule has 115 valence electrons. The molecule has 21 heavy (non-hydrogen) atoms. The molecule has 0 bridgehead atoms. The maximum Gasteiger partial charge on any atom is 0.0789 e. The van der Waals surface area contributed by atoms with Crippen LogP contribution in [0.4, 0.5) is 0 Å². The normalized spacial score (nSPS) is 12.5. The monoisotopic (exact) mass is 363 g/mol. The highest BCUT2D eigenvalue weighted by atomic mass is 28.3. The van der Waals surface area contributed by atoms with Crippen molar-refractivity contribution in [2.75, 3.05) is 0 Å². The molecular weight excluding hydrogens is 333 g/mol. The van der Waals surface area contributed by atoms with Crippen LogP contribution in [0.2, 0.25) is 65.5 Å². The number of hydrogen-bond acceptors (Lipinski definition) is 0. The Labute approximate surface area is 141 Å². The van der Waals surface area contributed by atoms with Gasteiger partial charge in [-0.1, -0.05) is 97.5 Å². The molecule has 0 spiro atoms. The maximum absolute atomic E-state index is 2.68. The fourth-order valence-electron chi connectivity index (χ4n) is 3.01. The van der Waals surface area contributed by atoms with Crippen molar-refractivity contribution in [1.29, 1.82) is 0 Å². The summed E-state index contributed by atoms with van der Waals surface area (Å²) in [5.74, 6) is 0. The van der Waals surface area contributed by atoms with Crippen LogP contribution in [-0.4, -0.2) is 44.0 Å². The molecule has 0 N–H and O–H groups in total. The Hall–Kier alpha value is 0.304. The van der Waals surface area contributed by atoms with Crippen molar-refractivity contribution in [2.24, 2.45) is 0 Å². The SMILES string of the molecule is C[Si](C)c1cc([Si](C)C)c([Si](C)C)c([Si](C)C)c1[Si](C)C. The van der Waals surface area contributed by atoms with Gasteiger partial charge < -0.3 is 0 Å². The molecule has 0 aliphatic rings. The molecule has 0 fully saturated rings. The topological polar surface area (TPSA) is 0 Å². The van der Waals surface area contributed by atoms with Crippen LogP contribution in [0.5, 0.6) is 0 Å². The van der Waals surface area contributed by atoms with Crippen LogP contribution in [0.1, 0.15) is 0 Å². The smallest absolute Gasteiger partial charge is 0.0671 e. The second-order valence-electron chi connectivity index (χ2n) is 7.10. The summed E-state index contributed by atoms with van der Waals surface area (Å²) in [7, 11) is -1.88. The van der Waals surface area contributed by atoms with Crippen molar-refractivity contribution in [3.05, 3.63) is 6.07 Å². The lowest BCUT2D eigenvalue weighted by Gasteiger charge is -2.29. The van der Waals surface area contributed by atoms with Crippen molar-refractivity contribution < 1.29 is 0 Å². The van der Waals surface area contributed by atoms with Gasteiger partial charge in [0, 0.05) is 0 Å². The van der Waals surface area contributed by atoms with Crippen LogP contribution in [0.25, 0.3) is 0 Å². The van der Waals surface area contributed by atoms with E-state index in [9.17, 15) is 0 Å². The van der Waals surface area contributed by atoms with Gasteiger partial charge in [-0.15, -0.1) is 0 Å². The van der Waals surface area contributed by atoms with E-state index in [0.717, 1.165) is 0 Å². The average Bonchev–Trinajstić information content (AvgIpc) is 2.34. The lowest BCUT2D eigenvalue weighted by Crippen LogP contribution is -2.68. The lowest BCUT2D eigenvalue weighted by atomic mass is 10.3. The molecule has 0 aliphatic carbocycles. The highest BCUT2D eigenvalue weighted by Crippen LogP contribution is 1.95. The van der Waals surface area contributed by atoms with Gasteiger partial charge in [-0.25, -0.2) is 0 Å². The zero-order chi connectivity index (χ0) is 16.5. The molecule has 0 amide bonds. The van der Waals surface area contributed by atoms with Crippen LogP contribution in [-0.2, 0) is 0 Å². The molecule has 0 aromatic heterocycles. The van der Waals surface area contributed by atoms with Gasteiger partial charge in [0.2, 0.25) is 0 Å². The molecule has 0 heterocycles. The quantitative estimate of drug-likeness (QED) is 0.695. The predicted octanol–water partition coefficient (Wildman–Crippen LogP) is 1.49. The lowest BCUT2D eigenvalue weighted by molar-refractivity contribution is 1.80. The van der Waals surface area contributed by atoms with Crippen molar-refractivity contribution in [1.82, 2.24) is 0 Å². The third kappa shape index (κ3) is 4.19. The second kappa shape index (κ2) is 7.72. The molecule has 0 unspecified atom stereocenters. The van der Waals surface area contributed by atoms with Gasteiger partial charge in [-0.2, -0.15) is 0 Å². The summed E-state index contributed by atoms with van der Waals surface area (Å²) in [6.07, 6.45) is 0. The second-order valence-corrected chi connectivity index (χ2v) is 19.7. The standard InChI is InChI=1S/C16H31Si5/c1-17(2)12-11-13(18(3)4)15(20(7)8)16(21(9)10)14(12)19(5)6/h11H,1-10H3. The van der Waals surface area contributed by atoms with Gasteiger partial charge in [0.1, 0.15) is 0 Å². The third-order valence-corrected chi connectivity index (χ3v) is 12.4. The van der Waals surface area contributed by atoms with Gasteiger partial charge in [-0.05, 0) is 0 Å². The summed E-state index contributed by atoms with van der Waals surface area (Å²) in [4.78, 5) is 0. The molecule has 5 radical (unpaired) electrons. The Morgan fingerprint density at radius 2 is 0.714 bits per heavy atom. The molecule has 0 nitrogen and oxygen atoms in total. The van der Waals surface area contributed by atoms with E-state index < -0.39 is 0 Å². The Morgan fingerprint density at radius 1 is 0.429 bits per heavy atom. The van der Waals surface area contributed by atoms with E-state index in [1.165, 1.54) is 0 Å². The van der Waals surface area contributed by atoms with Crippen LogP contribution >= 0.6 is 0 Å². The van der Waals surface area contributed by atoms with Crippen molar-refractivity contribution in [3.63, 3.8) is 0 Å². The van der Waals surface area contributed by atoms with Crippen LogP contribution < -0.4 is 25.9 Å². The maximum atomic E-state index is 2.68. The van der Waals surface area contributed by atoms with Crippen LogP contribution in [0, 0.1) is 0 Å². The van der Waals surface area contributed by atoms with E-state index in [0.29, 0.717) is 0 Å². The third-order valence-electron chi connectivity index (χ3n) is 3.90. The Bertz CT molecular complexity index is 452. The molecule has 5 heteroatoms. The summed E-state index contributed by atoms with van der Waals surface area (Å²) in [5.41, 5.74) is 0. The van der Waals surface area contributed by atoms with E-state index in [-0.39, 0.29) is 44.0 Å². The molecule has 0 aliphatic heterocycles. The van der Waals surface area contributed by atoms with E-state index in [1.807, 2.05) is 15.6 Å². The van der Waals surface area contributed by atoms with Crippen molar-refractivity contribution >= 4 is 69.9 Å². The highest BCUT2D eigenvalue weighted by Gasteiger charge is 2.26. The predicted molar refractivity (Wildman–Crippen MR) is 112 cm³/mol. The molecule has 1 rings (SSSR count). The first kappa shape index (κ1) is 19.4. The molecule has 1 aromatic carbocycles. The van der Waals surface area contributed by atoms with Crippen molar-refractivity contribution in [3.8, 4) is 0 Å². The first-order valence-electron chi connectivity index (χ1n) is 7.83. The zero-order valence-electron chi connectivity index (χ0n) is 15.6. The number of rotatable bonds is 5. The fraction of sp³-hybridized carbons (Fsp3) is 0.625. The molecule has 0 atom stereocenters. The Morgan fingerprint density at radius 3 is 0.905 bits per heavy atom. The fourth-order valence-corrected chi connectivity index (χ4v) is 15.4. The summed E-state index contributed by atoms with van der Waals surface area (Å²) in [6, 6.07) is 2.68. The summed E-state index contributed by atoms with van der Waals surface area (Å²) in [5, 5.41) is 9.15. The summed E-state index contributed by atoms with van der Waals surface area (Å²) >= 11 is 0. The first-order chi connectivity index (χ1) is 9.59. The van der Waals surface area contributed by atoms with Gasteiger partial charge in [0.15, 0.2) is 0 Å². The summed E-state index contributed by atoms with van der Waals surface area (Å²) in [6.45, 7) is 25.0. The number of hydrogen-bond donors (Lipinski definition) is 0. The minimum atomic E-state index is -0.388. The Balaban J connectivity index is 3.89. The van der Waals surface area contributed by atoms with Crippen LogP contribution in [0.3, 0.4) is 0 Å². The highest BCUT2D eigenvalue weighted by molar-refractivity contribution is 6.95. The molecule has 1 aromatic rings. The summed E-state index contributed by atoms with van der Waals surface area (Å²) < 4.78 is 0. The first-order valence-corrected chi connectivity index (χ1v) is 20.3. The average molecular weight is 364 g/mol. The minimum absolute atomic E-state index is 0.369. The van der Waals surface area contributed by atoms with E-state index in [4.69, 9.17) is 0 Å². The van der Waals surface area contributed by atoms with E-state index >= 15 is 0 Å². The largest absolute Gasteiger partial charge is 0.0789 e. The number of benzene rings is 1. The minimum Gasteiger partial charge on any atom is -0.0671 e. The molecule has 0 saturated heterocycles. The Kier molecular flexibility index (Phi) is 7.12.